The van der Waals surface area contributed by atoms with Crippen LogP contribution in [0.5, 0.6) is 17.2 Å². The van der Waals surface area contributed by atoms with E-state index >= 15 is 0 Å². The average Bonchev–Trinajstić information content (AvgIpc) is 3.27. The molecule has 0 aromatic heterocycles. The lowest BCUT2D eigenvalue weighted by atomic mass is 10.0. The number of phenolic OH excluding ortho intramolecular Hbond substituents is 2. The second kappa shape index (κ2) is 5.10. The van der Waals surface area contributed by atoms with E-state index in [2.05, 4.69) is 0 Å². The minimum Gasteiger partial charge on any atom is -0.508 e. The molecular weight excluding hydrogens is 272 g/mol. The number of ether oxygens (including phenoxy) is 2. The number of benzene rings is 2. The van der Waals surface area contributed by atoms with Crippen molar-refractivity contribution in [1.29, 1.82) is 0 Å². The Morgan fingerprint density at radius 1 is 1.19 bits per heavy atom. The molecule has 0 bridgehead atoms. The first-order chi connectivity index (χ1) is 10.1. The van der Waals surface area contributed by atoms with E-state index in [0.717, 1.165) is 11.6 Å². The van der Waals surface area contributed by atoms with Gasteiger partial charge >= 0.3 is 0 Å². The lowest BCUT2D eigenvalue weighted by molar-refractivity contribution is 0.0948. The Morgan fingerprint density at radius 3 is 2.57 bits per heavy atom. The summed E-state index contributed by atoms with van der Waals surface area (Å²) in [6.45, 7) is 0. The summed E-state index contributed by atoms with van der Waals surface area (Å²) in [5, 5.41) is 19.3. The van der Waals surface area contributed by atoms with Gasteiger partial charge in [-0.2, -0.15) is 0 Å². The molecule has 0 unspecified atom stereocenters. The van der Waals surface area contributed by atoms with Crippen molar-refractivity contribution in [2.24, 2.45) is 0 Å². The molecule has 1 saturated heterocycles. The molecule has 2 atom stereocenters. The van der Waals surface area contributed by atoms with Gasteiger partial charge in [0.25, 0.3) is 0 Å². The molecule has 3 rings (SSSR count). The van der Waals surface area contributed by atoms with Crippen molar-refractivity contribution < 1.29 is 24.5 Å². The van der Waals surface area contributed by atoms with Crippen LogP contribution >= 0.6 is 0 Å². The molecule has 0 spiro atoms. The lowest BCUT2D eigenvalue weighted by Crippen LogP contribution is -2.10. The van der Waals surface area contributed by atoms with Gasteiger partial charge in [-0.25, -0.2) is 0 Å². The fourth-order valence-electron chi connectivity index (χ4n) is 2.35. The molecule has 1 heterocycles. The zero-order valence-electron chi connectivity index (χ0n) is 11.3. The number of hydrogen-bond donors (Lipinski definition) is 2. The molecule has 0 saturated carbocycles. The summed E-state index contributed by atoms with van der Waals surface area (Å²) >= 11 is 0. The quantitative estimate of drug-likeness (QED) is 0.666. The minimum absolute atomic E-state index is 0.0266. The van der Waals surface area contributed by atoms with E-state index in [-0.39, 0.29) is 34.7 Å². The van der Waals surface area contributed by atoms with Crippen LogP contribution < -0.4 is 4.74 Å². The highest BCUT2D eigenvalue weighted by molar-refractivity contribution is 6.06. The van der Waals surface area contributed by atoms with Crippen LogP contribution in [0, 0.1) is 0 Å². The van der Waals surface area contributed by atoms with Crippen LogP contribution in [0.15, 0.2) is 42.5 Å². The van der Waals surface area contributed by atoms with E-state index in [0.29, 0.717) is 0 Å². The van der Waals surface area contributed by atoms with E-state index in [1.807, 2.05) is 30.3 Å². The van der Waals surface area contributed by atoms with Gasteiger partial charge in [-0.1, -0.05) is 30.3 Å². The normalized spacial score (nSPS) is 20.0. The Morgan fingerprint density at radius 2 is 1.90 bits per heavy atom. The molecule has 2 aromatic rings. The SMILES string of the molecule is COc1cc(O)cc(O)c1C(=O)[C@H]1O[C@@H]1c1ccccc1. The number of aromatic hydroxyl groups is 2. The van der Waals surface area contributed by atoms with Crippen molar-refractivity contribution in [3.8, 4) is 17.2 Å². The van der Waals surface area contributed by atoms with Gasteiger partial charge in [-0.05, 0) is 5.56 Å². The third kappa shape index (κ3) is 2.43. The molecule has 1 fully saturated rings. The first-order valence-corrected chi connectivity index (χ1v) is 6.46. The molecule has 5 heteroatoms. The molecular formula is C16H14O5. The van der Waals surface area contributed by atoms with Crippen LogP contribution in [-0.4, -0.2) is 29.2 Å². The first-order valence-electron chi connectivity index (χ1n) is 6.46. The van der Waals surface area contributed by atoms with E-state index < -0.39 is 6.10 Å². The van der Waals surface area contributed by atoms with Crippen LogP contribution in [0.25, 0.3) is 0 Å². The maximum atomic E-state index is 12.5. The van der Waals surface area contributed by atoms with Gasteiger partial charge < -0.3 is 19.7 Å². The molecule has 2 N–H and O–H groups in total. The number of carbonyl (C=O) groups excluding carboxylic acids is 1. The fourth-order valence-corrected chi connectivity index (χ4v) is 2.35. The standard InChI is InChI=1S/C16H14O5/c1-20-12-8-10(17)7-11(18)13(12)14(19)16-15(21-16)9-5-3-2-4-6-9/h2-8,15-18H,1H3/t15-,16-/m1/s1. The maximum absolute atomic E-state index is 12.5. The zero-order valence-corrected chi connectivity index (χ0v) is 11.3. The number of carbonyl (C=O) groups is 1. The molecule has 108 valence electrons. The first kappa shape index (κ1) is 13.5. The summed E-state index contributed by atoms with van der Waals surface area (Å²) < 4.78 is 10.5. The monoisotopic (exact) mass is 286 g/mol. The number of ketones is 1. The smallest absolute Gasteiger partial charge is 0.202 e. The zero-order chi connectivity index (χ0) is 15.0. The summed E-state index contributed by atoms with van der Waals surface area (Å²) in [4.78, 5) is 12.5. The van der Waals surface area contributed by atoms with Gasteiger partial charge in [-0.3, -0.25) is 4.79 Å². The topological polar surface area (TPSA) is 79.3 Å². The van der Waals surface area contributed by atoms with Crippen LogP contribution in [0.3, 0.4) is 0 Å². The lowest BCUT2D eigenvalue weighted by Gasteiger charge is -2.09. The Labute approximate surface area is 121 Å². The van der Waals surface area contributed by atoms with Gasteiger partial charge in [0.05, 0.1) is 7.11 Å². The highest BCUT2D eigenvalue weighted by Crippen LogP contribution is 2.44. The van der Waals surface area contributed by atoms with Crippen molar-refractivity contribution in [3.63, 3.8) is 0 Å². The maximum Gasteiger partial charge on any atom is 0.202 e. The predicted octanol–water partition coefficient (Wildman–Crippen LogP) is 2.43. The molecule has 0 aliphatic carbocycles. The number of methoxy groups -OCH3 is 1. The van der Waals surface area contributed by atoms with E-state index in [4.69, 9.17) is 9.47 Å². The van der Waals surface area contributed by atoms with Crippen molar-refractivity contribution in [3.05, 3.63) is 53.6 Å². The Balaban J connectivity index is 1.88. The summed E-state index contributed by atoms with van der Waals surface area (Å²) in [5.41, 5.74) is 0.937. The minimum atomic E-state index is -0.642. The average molecular weight is 286 g/mol. The van der Waals surface area contributed by atoms with E-state index in [1.165, 1.54) is 13.2 Å². The van der Waals surface area contributed by atoms with Gasteiger partial charge in [0, 0.05) is 12.1 Å². The Kier molecular flexibility index (Phi) is 3.27. The summed E-state index contributed by atoms with van der Waals surface area (Å²) in [5.74, 6) is -0.727. The van der Waals surface area contributed by atoms with Crippen LogP contribution in [0.4, 0.5) is 0 Å². The van der Waals surface area contributed by atoms with E-state index in [1.54, 1.807) is 0 Å². The molecule has 1 aliphatic rings. The summed E-state index contributed by atoms with van der Waals surface area (Å²) in [7, 11) is 1.37. The molecule has 0 amide bonds. The van der Waals surface area contributed by atoms with Gasteiger partial charge in [0.2, 0.25) is 5.78 Å². The highest BCUT2D eigenvalue weighted by Gasteiger charge is 2.47. The number of epoxide rings is 1. The second-order valence-electron chi connectivity index (χ2n) is 4.79. The molecule has 2 aromatic carbocycles. The molecule has 1 aliphatic heterocycles. The van der Waals surface area contributed by atoms with Crippen molar-refractivity contribution >= 4 is 5.78 Å². The largest absolute Gasteiger partial charge is 0.508 e. The van der Waals surface area contributed by atoms with E-state index in [9.17, 15) is 15.0 Å². The van der Waals surface area contributed by atoms with Crippen molar-refractivity contribution in [1.82, 2.24) is 0 Å². The van der Waals surface area contributed by atoms with Gasteiger partial charge in [-0.15, -0.1) is 0 Å². The summed E-state index contributed by atoms with van der Waals surface area (Å²) in [6.07, 6.45) is -0.951. The molecule has 0 radical (unpaired) electrons. The molecule has 21 heavy (non-hydrogen) atoms. The predicted molar refractivity (Wildman–Crippen MR) is 74.7 cm³/mol. The summed E-state index contributed by atoms with van der Waals surface area (Å²) in [6, 6.07) is 11.8. The third-order valence-electron chi connectivity index (χ3n) is 3.41. The van der Waals surface area contributed by atoms with Crippen LogP contribution in [0.1, 0.15) is 22.0 Å². The van der Waals surface area contributed by atoms with Crippen LogP contribution in [0.2, 0.25) is 0 Å². The fraction of sp³-hybridized carbons (Fsp3) is 0.188. The number of Topliss-reactive ketones (excluding diaryl/α,β-unsaturated/α-hetero) is 1. The molecule has 5 nitrogen and oxygen atoms in total. The Hall–Kier alpha value is -2.53. The third-order valence-corrected chi connectivity index (χ3v) is 3.41. The van der Waals surface area contributed by atoms with Gasteiger partial charge in [0.1, 0.15) is 28.9 Å². The number of rotatable bonds is 4. The van der Waals surface area contributed by atoms with Crippen LogP contribution in [-0.2, 0) is 4.74 Å². The van der Waals surface area contributed by atoms with Crippen molar-refractivity contribution in [2.45, 2.75) is 12.2 Å². The second-order valence-corrected chi connectivity index (χ2v) is 4.79. The number of hydrogen-bond acceptors (Lipinski definition) is 5. The Bertz CT molecular complexity index is 681. The van der Waals surface area contributed by atoms with Gasteiger partial charge in [0.15, 0.2) is 6.10 Å². The number of phenols is 2. The highest BCUT2D eigenvalue weighted by atomic mass is 16.6. The van der Waals surface area contributed by atoms with Crippen molar-refractivity contribution in [2.75, 3.05) is 7.11 Å².